The molecule has 0 aliphatic carbocycles. The molecule has 0 saturated carbocycles. The summed E-state index contributed by atoms with van der Waals surface area (Å²) >= 11 is 0. The van der Waals surface area contributed by atoms with Gasteiger partial charge in [-0.2, -0.15) is 0 Å². The molecule has 0 atom stereocenters. The van der Waals surface area contributed by atoms with E-state index in [1.165, 1.54) is 48.5 Å². The molecular weight excluding hydrogens is 805 g/mol. The van der Waals surface area contributed by atoms with Crippen LogP contribution in [0, 0.1) is 0 Å². The number of hydrogen-bond donors (Lipinski definition) is 0. The fourth-order valence-corrected chi connectivity index (χ4v) is 10.4. The predicted molar refractivity (Wildman–Crippen MR) is 273 cm³/mol. The molecule has 0 amide bonds. The van der Waals surface area contributed by atoms with Gasteiger partial charge in [0.1, 0.15) is 11.2 Å². The second-order valence-corrected chi connectivity index (χ2v) is 17.1. The van der Waals surface area contributed by atoms with E-state index in [0.717, 1.165) is 71.9 Å². The highest BCUT2D eigenvalue weighted by molar-refractivity contribution is 6.26. The van der Waals surface area contributed by atoms with Crippen molar-refractivity contribution in [3.05, 3.63) is 218 Å². The van der Waals surface area contributed by atoms with E-state index in [1.807, 2.05) is 30.3 Å². The average molecular weight is 841 g/mol. The molecule has 5 nitrogen and oxygen atoms in total. The molecule has 306 valence electrons. The van der Waals surface area contributed by atoms with Crippen LogP contribution in [0.5, 0.6) is 0 Å². The van der Waals surface area contributed by atoms with Gasteiger partial charge in [-0.05, 0) is 109 Å². The molecule has 0 aliphatic rings. The Labute approximate surface area is 378 Å². The Hall–Kier alpha value is -8.93. The standard InChI is InChI=1S/C61H36N4O/c1-2-15-37(16-3-1)59-62-60(40-29-31-46-44-21-7-6-19-42(44)43-20-8-9-22-45(43)51(46)34-40)64-61(63-59)49-32-30-41(36-52(49)48-25-14-28-57-58(48)50-24-11-13-27-56(50)66-57)65-54-26-12-10-23-47(54)53-33-38-17-4-5-18-39(38)35-55(53)65/h1-36H. The molecule has 0 fully saturated rings. The fourth-order valence-electron chi connectivity index (χ4n) is 10.4. The van der Waals surface area contributed by atoms with Gasteiger partial charge in [-0.15, -0.1) is 0 Å². The molecule has 0 N–H and O–H groups in total. The smallest absolute Gasteiger partial charge is 0.164 e. The van der Waals surface area contributed by atoms with Crippen molar-refractivity contribution in [1.82, 2.24) is 19.5 Å². The topological polar surface area (TPSA) is 56.7 Å². The first-order chi connectivity index (χ1) is 32.7. The number of rotatable bonds is 5. The number of aromatic nitrogens is 4. The van der Waals surface area contributed by atoms with E-state index < -0.39 is 0 Å². The second-order valence-electron chi connectivity index (χ2n) is 17.1. The lowest BCUT2D eigenvalue weighted by atomic mass is 9.93. The van der Waals surface area contributed by atoms with E-state index in [4.69, 9.17) is 19.4 Å². The van der Waals surface area contributed by atoms with Crippen molar-refractivity contribution < 1.29 is 4.42 Å². The molecule has 14 aromatic rings. The van der Waals surface area contributed by atoms with Crippen LogP contribution in [0.1, 0.15) is 0 Å². The summed E-state index contributed by atoms with van der Waals surface area (Å²) in [5.74, 6) is 1.80. The molecule has 0 radical (unpaired) electrons. The van der Waals surface area contributed by atoms with Gasteiger partial charge < -0.3 is 8.98 Å². The molecule has 0 bridgehead atoms. The molecule has 3 aromatic heterocycles. The molecule has 14 rings (SSSR count). The van der Waals surface area contributed by atoms with Gasteiger partial charge in [0, 0.05) is 43.9 Å². The van der Waals surface area contributed by atoms with Gasteiger partial charge in [0.15, 0.2) is 17.5 Å². The third-order valence-corrected chi connectivity index (χ3v) is 13.4. The van der Waals surface area contributed by atoms with Crippen LogP contribution in [0.15, 0.2) is 223 Å². The van der Waals surface area contributed by atoms with Crippen molar-refractivity contribution in [2.45, 2.75) is 0 Å². The number of fused-ring (bicyclic) bond motifs is 13. The quantitative estimate of drug-likeness (QED) is 0.162. The summed E-state index contributed by atoms with van der Waals surface area (Å²) in [6, 6.07) is 77.5. The number of nitrogens with zero attached hydrogens (tertiary/aromatic N) is 4. The predicted octanol–water partition coefficient (Wildman–Crippen LogP) is 16.1. The Kier molecular flexibility index (Phi) is 7.91. The van der Waals surface area contributed by atoms with Crippen LogP contribution in [0.25, 0.3) is 138 Å². The summed E-state index contributed by atoms with van der Waals surface area (Å²) < 4.78 is 8.92. The summed E-state index contributed by atoms with van der Waals surface area (Å²) in [6.07, 6.45) is 0. The molecule has 0 spiro atoms. The lowest BCUT2D eigenvalue weighted by Gasteiger charge is -2.16. The number of para-hydroxylation sites is 2. The minimum absolute atomic E-state index is 0.585. The maximum Gasteiger partial charge on any atom is 0.164 e. The number of benzene rings is 11. The molecule has 11 aromatic carbocycles. The van der Waals surface area contributed by atoms with Gasteiger partial charge in [0.05, 0.1) is 11.0 Å². The zero-order chi connectivity index (χ0) is 43.3. The van der Waals surface area contributed by atoms with Crippen molar-refractivity contribution in [1.29, 1.82) is 0 Å². The molecule has 0 aliphatic heterocycles. The van der Waals surface area contributed by atoms with E-state index in [2.05, 4.69) is 193 Å². The van der Waals surface area contributed by atoms with Gasteiger partial charge in [-0.1, -0.05) is 164 Å². The van der Waals surface area contributed by atoms with Gasteiger partial charge in [0.25, 0.3) is 0 Å². The Morgan fingerprint density at radius 1 is 0.303 bits per heavy atom. The Bertz CT molecular complexity index is 4260. The lowest BCUT2D eigenvalue weighted by Crippen LogP contribution is -2.02. The number of furan rings is 1. The van der Waals surface area contributed by atoms with Crippen LogP contribution < -0.4 is 0 Å². The van der Waals surface area contributed by atoms with E-state index in [9.17, 15) is 0 Å². The van der Waals surface area contributed by atoms with Crippen molar-refractivity contribution in [2.24, 2.45) is 0 Å². The van der Waals surface area contributed by atoms with Crippen LogP contribution in [-0.2, 0) is 0 Å². The summed E-state index contributed by atoms with van der Waals surface area (Å²) in [5, 5.41) is 14.2. The normalized spacial score (nSPS) is 11.9. The van der Waals surface area contributed by atoms with E-state index >= 15 is 0 Å². The Balaban J connectivity index is 1.06. The van der Waals surface area contributed by atoms with Crippen LogP contribution in [0.3, 0.4) is 0 Å². The van der Waals surface area contributed by atoms with Crippen LogP contribution in [0.4, 0.5) is 0 Å². The highest BCUT2D eigenvalue weighted by Crippen LogP contribution is 2.44. The largest absolute Gasteiger partial charge is 0.456 e. The summed E-state index contributed by atoms with van der Waals surface area (Å²) in [6.45, 7) is 0. The van der Waals surface area contributed by atoms with Crippen molar-refractivity contribution in [3.8, 4) is 51.0 Å². The molecule has 5 heteroatoms. The monoisotopic (exact) mass is 840 g/mol. The Morgan fingerprint density at radius 2 is 0.894 bits per heavy atom. The lowest BCUT2D eigenvalue weighted by molar-refractivity contribution is 0.669. The highest BCUT2D eigenvalue weighted by atomic mass is 16.3. The second kappa shape index (κ2) is 14.3. The fraction of sp³-hybridized carbons (Fsp3) is 0. The maximum absolute atomic E-state index is 6.52. The minimum Gasteiger partial charge on any atom is -0.456 e. The molecule has 3 heterocycles. The highest BCUT2D eigenvalue weighted by Gasteiger charge is 2.22. The third kappa shape index (κ3) is 5.57. The third-order valence-electron chi connectivity index (χ3n) is 13.4. The average Bonchev–Trinajstić information content (AvgIpc) is 3.93. The minimum atomic E-state index is 0.585. The molecule has 0 unspecified atom stereocenters. The van der Waals surface area contributed by atoms with Gasteiger partial charge in [-0.3, -0.25) is 0 Å². The van der Waals surface area contributed by atoms with E-state index in [1.54, 1.807) is 0 Å². The van der Waals surface area contributed by atoms with Gasteiger partial charge in [-0.25, -0.2) is 15.0 Å². The first-order valence-corrected chi connectivity index (χ1v) is 22.3. The molecule has 66 heavy (non-hydrogen) atoms. The van der Waals surface area contributed by atoms with Gasteiger partial charge in [0.2, 0.25) is 0 Å². The molecular formula is C61H36N4O. The summed E-state index contributed by atoms with van der Waals surface area (Å²) in [5.41, 5.74) is 9.73. The first kappa shape index (κ1) is 36.5. The van der Waals surface area contributed by atoms with Crippen LogP contribution in [-0.4, -0.2) is 19.5 Å². The van der Waals surface area contributed by atoms with Crippen molar-refractivity contribution >= 4 is 86.8 Å². The van der Waals surface area contributed by atoms with Crippen molar-refractivity contribution in [3.63, 3.8) is 0 Å². The van der Waals surface area contributed by atoms with Crippen LogP contribution in [0.2, 0.25) is 0 Å². The van der Waals surface area contributed by atoms with E-state index in [0.29, 0.717) is 17.5 Å². The zero-order valence-electron chi connectivity index (χ0n) is 35.5. The first-order valence-electron chi connectivity index (χ1n) is 22.3. The maximum atomic E-state index is 6.52. The van der Waals surface area contributed by atoms with Gasteiger partial charge >= 0.3 is 0 Å². The zero-order valence-corrected chi connectivity index (χ0v) is 35.5. The molecule has 0 saturated heterocycles. The Morgan fingerprint density at radius 3 is 1.67 bits per heavy atom. The number of hydrogen-bond acceptors (Lipinski definition) is 4. The summed E-state index contributed by atoms with van der Waals surface area (Å²) in [4.78, 5) is 16.0. The SMILES string of the molecule is c1ccc(-c2nc(-c3ccc4c5ccccc5c5ccccc5c4c3)nc(-c3ccc(-n4c5ccccc5c5cc6ccccc6cc54)cc3-c3cccc4oc5ccccc5c34)n2)cc1. The van der Waals surface area contributed by atoms with Crippen molar-refractivity contribution in [2.75, 3.05) is 0 Å². The van der Waals surface area contributed by atoms with Crippen LogP contribution >= 0.6 is 0 Å². The van der Waals surface area contributed by atoms with E-state index in [-0.39, 0.29) is 0 Å². The summed E-state index contributed by atoms with van der Waals surface area (Å²) in [7, 11) is 0.